The van der Waals surface area contributed by atoms with Gasteiger partial charge in [0.15, 0.2) is 0 Å². The highest BCUT2D eigenvalue weighted by Gasteiger charge is 2.12. The normalized spacial score (nSPS) is 14.9. The summed E-state index contributed by atoms with van der Waals surface area (Å²) in [6, 6.07) is 2.02. The van der Waals surface area contributed by atoms with E-state index in [-0.39, 0.29) is 0 Å². The lowest BCUT2D eigenvalue weighted by atomic mass is 10.1. The van der Waals surface area contributed by atoms with Gasteiger partial charge in [-0.3, -0.25) is 9.78 Å². The number of fused-ring (bicyclic) bond motifs is 1. The summed E-state index contributed by atoms with van der Waals surface area (Å²) in [5.74, 6) is 0.349. The number of Topliss-reactive ketones (excluding diaryl/α,β-unsaturated/α-hetero) is 1. The summed E-state index contributed by atoms with van der Waals surface area (Å²) in [5.41, 5.74) is 2.43. The van der Waals surface area contributed by atoms with Crippen molar-refractivity contribution >= 4 is 5.78 Å². The van der Waals surface area contributed by atoms with Crippen LogP contribution in [0.4, 0.5) is 0 Å². The van der Waals surface area contributed by atoms with Crippen molar-refractivity contribution in [1.29, 1.82) is 0 Å². The molecule has 0 spiro atoms. The average Bonchev–Trinajstić information content (AvgIpc) is 2.41. The number of carbonyl (C=O) groups is 1. The average molecular weight is 191 g/mol. The summed E-state index contributed by atoms with van der Waals surface area (Å²) in [6.45, 7) is 4.00. The molecule has 14 heavy (non-hydrogen) atoms. The molecule has 0 saturated carbocycles. The molecule has 0 unspecified atom stereocenters. The van der Waals surface area contributed by atoms with Crippen LogP contribution in [-0.2, 0) is 17.6 Å². The van der Waals surface area contributed by atoms with E-state index in [1.807, 2.05) is 26.1 Å². The molecule has 1 aliphatic carbocycles. The van der Waals surface area contributed by atoms with Gasteiger partial charge in [-0.05, 0) is 30.0 Å². The Hall–Kier alpha value is -1.18. The van der Waals surface area contributed by atoms with Crippen molar-refractivity contribution in [2.24, 2.45) is 0 Å². The summed E-state index contributed by atoms with van der Waals surface area (Å²) in [5, 5.41) is 0. The number of nitrogens with zero attached hydrogens (tertiary/aromatic N) is 1. The van der Waals surface area contributed by atoms with Gasteiger partial charge in [0.1, 0.15) is 5.78 Å². The molecular weight excluding hydrogens is 174 g/mol. The van der Waals surface area contributed by atoms with Crippen molar-refractivity contribution in [2.75, 3.05) is 0 Å². The highest BCUT2D eigenvalue weighted by atomic mass is 16.1. The molecule has 76 valence electrons. The van der Waals surface area contributed by atoms with Gasteiger partial charge < -0.3 is 0 Å². The quantitative estimate of drug-likeness (QED) is 0.590. The molecule has 2 nitrogen and oxygen atoms in total. The Morgan fingerprint density at radius 1 is 1.21 bits per heavy atom. The number of aromatic nitrogens is 1. The number of aryl methyl sites for hydroxylation is 1. The van der Waals surface area contributed by atoms with Crippen LogP contribution < -0.4 is 0 Å². The SMILES string of the molecule is CC.O=C1CCCc2ccncc2C1. The minimum absolute atomic E-state index is 0.349. The van der Waals surface area contributed by atoms with Crippen LogP contribution in [-0.4, -0.2) is 10.8 Å². The summed E-state index contributed by atoms with van der Waals surface area (Å²) in [6.07, 6.45) is 6.96. The predicted octanol–water partition coefficient (Wildman–Crippen LogP) is 2.56. The zero-order chi connectivity index (χ0) is 10.4. The summed E-state index contributed by atoms with van der Waals surface area (Å²) in [4.78, 5) is 15.2. The number of carbonyl (C=O) groups excluding carboxylic acids is 1. The fraction of sp³-hybridized carbons (Fsp3) is 0.500. The minimum Gasteiger partial charge on any atom is -0.299 e. The molecule has 0 atom stereocenters. The molecule has 2 rings (SSSR count). The van der Waals surface area contributed by atoms with Gasteiger partial charge in [-0.15, -0.1) is 0 Å². The number of ketones is 1. The van der Waals surface area contributed by atoms with E-state index >= 15 is 0 Å². The Morgan fingerprint density at radius 3 is 2.79 bits per heavy atom. The molecule has 2 heteroatoms. The molecule has 0 bridgehead atoms. The molecule has 1 heterocycles. The van der Waals surface area contributed by atoms with Crippen LogP contribution in [0.3, 0.4) is 0 Å². The Kier molecular flexibility index (Phi) is 4.30. The van der Waals surface area contributed by atoms with Crippen molar-refractivity contribution < 1.29 is 4.79 Å². The first-order valence-corrected chi connectivity index (χ1v) is 5.30. The topological polar surface area (TPSA) is 30.0 Å². The third-order valence-electron chi connectivity index (χ3n) is 2.29. The van der Waals surface area contributed by atoms with Crippen LogP contribution in [0.1, 0.15) is 37.8 Å². The third-order valence-corrected chi connectivity index (χ3v) is 2.29. The second kappa shape index (κ2) is 5.53. The molecule has 1 aromatic rings. The van der Waals surface area contributed by atoms with Crippen LogP contribution in [0, 0.1) is 0 Å². The van der Waals surface area contributed by atoms with Crippen LogP contribution in [0.25, 0.3) is 0 Å². The highest BCUT2D eigenvalue weighted by Crippen LogP contribution is 2.16. The van der Waals surface area contributed by atoms with Gasteiger partial charge in [-0.1, -0.05) is 13.8 Å². The number of hydrogen-bond donors (Lipinski definition) is 0. The van der Waals surface area contributed by atoms with Crippen LogP contribution in [0.15, 0.2) is 18.5 Å². The lowest BCUT2D eigenvalue weighted by Gasteiger charge is -2.00. The molecule has 1 aliphatic rings. The molecule has 0 N–H and O–H groups in total. The van der Waals surface area contributed by atoms with E-state index in [1.54, 1.807) is 6.20 Å². The van der Waals surface area contributed by atoms with Crippen LogP contribution in [0.5, 0.6) is 0 Å². The first-order chi connectivity index (χ1) is 6.86. The lowest BCUT2D eigenvalue weighted by molar-refractivity contribution is -0.118. The van der Waals surface area contributed by atoms with E-state index in [9.17, 15) is 4.79 Å². The van der Waals surface area contributed by atoms with Crippen LogP contribution in [0.2, 0.25) is 0 Å². The van der Waals surface area contributed by atoms with E-state index in [4.69, 9.17) is 0 Å². The predicted molar refractivity (Wildman–Crippen MR) is 57.2 cm³/mol. The Balaban J connectivity index is 0.000000461. The van der Waals surface area contributed by atoms with Crippen molar-refractivity contribution in [3.05, 3.63) is 29.6 Å². The van der Waals surface area contributed by atoms with E-state index in [0.717, 1.165) is 24.8 Å². The number of pyridine rings is 1. The van der Waals surface area contributed by atoms with E-state index in [2.05, 4.69) is 4.98 Å². The van der Waals surface area contributed by atoms with Crippen LogP contribution >= 0.6 is 0 Å². The van der Waals surface area contributed by atoms with Gasteiger partial charge in [0, 0.05) is 25.2 Å². The first-order valence-electron chi connectivity index (χ1n) is 5.30. The fourth-order valence-electron chi connectivity index (χ4n) is 1.64. The Bertz CT molecular complexity index is 307. The fourth-order valence-corrected chi connectivity index (χ4v) is 1.64. The standard InChI is InChI=1S/C10H11NO.C2H6/c12-10-3-1-2-8-4-5-11-7-9(8)6-10;1-2/h4-5,7H,1-3,6H2;1-2H3. The van der Waals surface area contributed by atoms with Crippen molar-refractivity contribution in [3.8, 4) is 0 Å². The zero-order valence-electron chi connectivity index (χ0n) is 8.92. The third kappa shape index (κ3) is 2.66. The highest BCUT2D eigenvalue weighted by molar-refractivity contribution is 5.81. The monoisotopic (exact) mass is 191 g/mol. The molecule has 0 fully saturated rings. The smallest absolute Gasteiger partial charge is 0.137 e. The first kappa shape index (κ1) is 10.9. The Labute approximate surface area is 85.4 Å². The number of rotatable bonds is 0. The van der Waals surface area contributed by atoms with Gasteiger partial charge in [0.2, 0.25) is 0 Å². The van der Waals surface area contributed by atoms with Gasteiger partial charge >= 0.3 is 0 Å². The molecule has 0 amide bonds. The van der Waals surface area contributed by atoms with Gasteiger partial charge in [0.25, 0.3) is 0 Å². The maximum absolute atomic E-state index is 11.2. The van der Waals surface area contributed by atoms with Crippen molar-refractivity contribution in [2.45, 2.75) is 39.5 Å². The van der Waals surface area contributed by atoms with Crippen molar-refractivity contribution in [3.63, 3.8) is 0 Å². The molecule has 0 aromatic carbocycles. The van der Waals surface area contributed by atoms with Gasteiger partial charge in [-0.25, -0.2) is 0 Å². The number of hydrogen-bond acceptors (Lipinski definition) is 2. The van der Waals surface area contributed by atoms with E-state index < -0.39 is 0 Å². The second-order valence-electron chi connectivity index (χ2n) is 3.21. The molecule has 0 saturated heterocycles. The summed E-state index contributed by atoms with van der Waals surface area (Å²) < 4.78 is 0. The summed E-state index contributed by atoms with van der Waals surface area (Å²) in [7, 11) is 0. The maximum Gasteiger partial charge on any atom is 0.137 e. The molecule has 1 aromatic heterocycles. The maximum atomic E-state index is 11.2. The second-order valence-corrected chi connectivity index (χ2v) is 3.21. The van der Waals surface area contributed by atoms with Gasteiger partial charge in [0.05, 0.1) is 0 Å². The Morgan fingerprint density at radius 2 is 2.00 bits per heavy atom. The minimum atomic E-state index is 0.349. The molecule has 0 aliphatic heterocycles. The van der Waals surface area contributed by atoms with E-state index in [1.165, 1.54) is 5.56 Å². The van der Waals surface area contributed by atoms with Gasteiger partial charge in [-0.2, -0.15) is 0 Å². The summed E-state index contributed by atoms with van der Waals surface area (Å²) >= 11 is 0. The van der Waals surface area contributed by atoms with Crippen molar-refractivity contribution in [1.82, 2.24) is 4.98 Å². The largest absolute Gasteiger partial charge is 0.299 e. The lowest BCUT2D eigenvalue weighted by Crippen LogP contribution is -2.00. The molecule has 0 radical (unpaired) electrons. The van der Waals surface area contributed by atoms with E-state index in [0.29, 0.717) is 12.2 Å². The zero-order valence-corrected chi connectivity index (χ0v) is 8.92. The molecular formula is C12H17NO.